The Kier molecular flexibility index (Phi) is 4.53. The van der Waals surface area contributed by atoms with E-state index in [0.717, 1.165) is 18.4 Å². The highest BCUT2D eigenvalue weighted by atomic mass is 19.1. The Morgan fingerprint density at radius 3 is 2.79 bits per heavy atom. The summed E-state index contributed by atoms with van der Waals surface area (Å²) in [7, 11) is 0. The van der Waals surface area contributed by atoms with Crippen molar-refractivity contribution in [2.45, 2.75) is 44.7 Å². The number of hydrogen-bond donors (Lipinski definition) is 2. The molecular formula is C15H21FN2O. The molecule has 0 spiro atoms. The molecule has 104 valence electrons. The average molecular weight is 264 g/mol. The third kappa shape index (κ3) is 4.03. The normalized spacial score (nSPS) is 22.1. The van der Waals surface area contributed by atoms with Crippen molar-refractivity contribution in [3.8, 4) is 0 Å². The van der Waals surface area contributed by atoms with Crippen LogP contribution in [0.2, 0.25) is 0 Å². The molecule has 0 saturated heterocycles. The maximum Gasteiger partial charge on any atom is 0.234 e. The predicted octanol–water partition coefficient (Wildman–Crippen LogP) is 2.19. The lowest BCUT2D eigenvalue weighted by Crippen LogP contribution is -2.46. The minimum Gasteiger partial charge on any atom is -0.353 e. The van der Waals surface area contributed by atoms with Gasteiger partial charge in [0.25, 0.3) is 0 Å². The highest BCUT2D eigenvalue weighted by Crippen LogP contribution is 2.36. The van der Waals surface area contributed by atoms with Gasteiger partial charge < -0.3 is 10.6 Å². The van der Waals surface area contributed by atoms with Gasteiger partial charge in [0, 0.05) is 12.1 Å². The first-order chi connectivity index (χ1) is 9.04. The first-order valence-electron chi connectivity index (χ1n) is 6.83. The number of halogens is 1. The number of carbonyl (C=O) groups excluding carboxylic acids is 1. The molecule has 0 bridgehead atoms. The quantitative estimate of drug-likeness (QED) is 0.856. The van der Waals surface area contributed by atoms with Crippen LogP contribution in [0.5, 0.6) is 0 Å². The number of rotatable bonds is 5. The van der Waals surface area contributed by atoms with Gasteiger partial charge in [-0.2, -0.15) is 0 Å². The van der Waals surface area contributed by atoms with Crippen molar-refractivity contribution in [3.05, 3.63) is 35.6 Å². The van der Waals surface area contributed by atoms with Crippen molar-refractivity contribution in [3.63, 3.8) is 0 Å². The second kappa shape index (κ2) is 6.15. The minimum atomic E-state index is -0.176. The molecule has 19 heavy (non-hydrogen) atoms. The molecule has 2 N–H and O–H groups in total. The summed E-state index contributed by atoms with van der Waals surface area (Å²) < 4.78 is 13.1. The molecule has 1 aromatic rings. The van der Waals surface area contributed by atoms with E-state index in [0.29, 0.717) is 18.5 Å². The van der Waals surface area contributed by atoms with E-state index in [9.17, 15) is 9.18 Å². The molecule has 0 aromatic heterocycles. The smallest absolute Gasteiger partial charge is 0.234 e. The molecule has 3 nitrogen and oxygen atoms in total. The summed E-state index contributed by atoms with van der Waals surface area (Å²) in [4.78, 5) is 11.5. The third-order valence-electron chi connectivity index (χ3n) is 3.46. The van der Waals surface area contributed by atoms with E-state index in [1.54, 1.807) is 12.1 Å². The number of benzene rings is 1. The molecule has 1 fully saturated rings. The van der Waals surface area contributed by atoms with Gasteiger partial charge >= 0.3 is 0 Å². The van der Waals surface area contributed by atoms with Gasteiger partial charge in [0.05, 0.1) is 6.54 Å². The standard InChI is InChI=1S/C15H21FN2O/c1-10(2)18-15(19)9-17-14-7-12(8-14)11-4-3-5-13(16)6-11/h3-6,10,12,14,17H,7-9H2,1-2H3,(H,18,19). The van der Waals surface area contributed by atoms with Gasteiger partial charge in [-0.1, -0.05) is 12.1 Å². The van der Waals surface area contributed by atoms with E-state index >= 15 is 0 Å². The first-order valence-corrected chi connectivity index (χ1v) is 6.83. The van der Waals surface area contributed by atoms with Crippen LogP contribution in [0.15, 0.2) is 24.3 Å². The van der Waals surface area contributed by atoms with Crippen molar-refractivity contribution in [2.75, 3.05) is 6.54 Å². The van der Waals surface area contributed by atoms with Gasteiger partial charge in [0.1, 0.15) is 5.82 Å². The fourth-order valence-electron chi connectivity index (χ4n) is 2.43. The SMILES string of the molecule is CC(C)NC(=O)CNC1CC(c2cccc(F)c2)C1. The van der Waals surface area contributed by atoms with Gasteiger partial charge in [0.15, 0.2) is 0 Å². The molecule has 0 atom stereocenters. The molecular weight excluding hydrogens is 243 g/mol. The fraction of sp³-hybridized carbons (Fsp3) is 0.533. The predicted molar refractivity (Wildman–Crippen MR) is 73.4 cm³/mol. The first kappa shape index (κ1) is 14.0. The van der Waals surface area contributed by atoms with Gasteiger partial charge in [0.2, 0.25) is 5.91 Å². The van der Waals surface area contributed by atoms with Crippen molar-refractivity contribution in [1.29, 1.82) is 0 Å². The monoisotopic (exact) mass is 264 g/mol. The van der Waals surface area contributed by atoms with Crippen LogP contribution in [0.25, 0.3) is 0 Å². The summed E-state index contributed by atoms with van der Waals surface area (Å²) in [6.45, 7) is 4.25. The second-order valence-corrected chi connectivity index (χ2v) is 5.52. The third-order valence-corrected chi connectivity index (χ3v) is 3.46. The van der Waals surface area contributed by atoms with Crippen molar-refractivity contribution >= 4 is 5.91 Å². The minimum absolute atomic E-state index is 0.0317. The Bertz CT molecular complexity index is 442. The maximum absolute atomic E-state index is 13.1. The molecule has 0 heterocycles. The van der Waals surface area contributed by atoms with Crippen molar-refractivity contribution < 1.29 is 9.18 Å². The van der Waals surface area contributed by atoms with Gasteiger partial charge in [-0.15, -0.1) is 0 Å². The zero-order valence-corrected chi connectivity index (χ0v) is 11.4. The summed E-state index contributed by atoms with van der Waals surface area (Å²) in [5, 5.41) is 6.08. The van der Waals surface area contributed by atoms with E-state index in [1.165, 1.54) is 6.07 Å². The van der Waals surface area contributed by atoms with E-state index < -0.39 is 0 Å². The Morgan fingerprint density at radius 1 is 1.42 bits per heavy atom. The molecule has 2 rings (SSSR count). The van der Waals surface area contributed by atoms with Gasteiger partial charge in [-0.05, 0) is 50.3 Å². The molecule has 1 aliphatic rings. The molecule has 4 heteroatoms. The Morgan fingerprint density at radius 2 is 2.16 bits per heavy atom. The summed E-state index contributed by atoms with van der Waals surface area (Å²) in [6, 6.07) is 7.33. The Balaban J connectivity index is 1.70. The summed E-state index contributed by atoms with van der Waals surface area (Å²) >= 11 is 0. The van der Waals surface area contributed by atoms with Crippen LogP contribution >= 0.6 is 0 Å². The average Bonchev–Trinajstić information content (AvgIpc) is 2.25. The topological polar surface area (TPSA) is 41.1 Å². The Labute approximate surface area is 113 Å². The van der Waals surface area contributed by atoms with Crippen LogP contribution < -0.4 is 10.6 Å². The number of amides is 1. The zero-order chi connectivity index (χ0) is 13.8. The number of nitrogens with one attached hydrogen (secondary N) is 2. The summed E-state index contributed by atoms with van der Waals surface area (Å²) in [5.74, 6) is 0.274. The molecule has 0 radical (unpaired) electrons. The van der Waals surface area contributed by atoms with E-state index in [2.05, 4.69) is 10.6 Å². The van der Waals surface area contributed by atoms with E-state index in [-0.39, 0.29) is 17.8 Å². The lowest BCUT2D eigenvalue weighted by atomic mass is 9.76. The molecule has 1 amide bonds. The lowest BCUT2D eigenvalue weighted by molar-refractivity contribution is -0.121. The fourth-order valence-corrected chi connectivity index (χ4v) is 2.43. The van der Waals surface area contributed by atoms with E-state index in [1.807, 2.05) is 19.9 Å². The molecule has 1 aromatic carbocycles. The Hall–Kier alpha value is -1.42. The highest BCUT2D eigenvalue weighted by molar-refractivity contribution is 5.78. The molecule has 1 saturated carbocycles. The highest BCUT2D eigenvalue weighted by Gasteiger charge is 2.30. The van der Waals surface area contributed by atoms with Crippen molar-refractivity contribution in [1.82, 2.24) is 10.6 Å². The maximum atomic E-state index is 13.1. The molecule has 1 aliphatic carbocycles. The van der Waals surface area contributed by atoms with Crippen LogP contribution in [0.1, 0.15) is 38.2 Å². The van der Waals surface area contributed by atoms with Gasteiger partial charge in [-0.3, -0.25) is 4.79 Å². The number of carbonyl (C=O) groups is 1. The molecule has 0 aliphatic heterocycles. The van der Waals surface area contributed by atoms with Crippen LogP contribution in [-0.4, -0.2) is 24.5 Å². The zero-order valence-electron chi connectivity index (χ0n) is 11.4. The largest absolute Gasteiger partial charge is 0.353 e. The summed E-state index contributed by atoms with van der Waals surface area (Å²) in [5.41, 5.74) is 1.06. The van der Waals surface area contributed by atoms with Crippen LogP contribution in [-0.2, 0) is 4.79 Å². The summed E-state index contributed by atoms with van der Waals surface area (Å²) in [6.07, 6.45) is 1.94. The second-order valence-electron chi connectivity index (χ2n) is 5.52. The lowest BCUT2D eigenvalue weighted by Gasteiger charge is -2.36. The van der Waals surface area contributed by atoms with Crippen LogP contribution in [0.3, 0.4) is 0 Å². The van der Waals surface area contributed by atoms with E-state index in [4.69, 9.17) is 0 Å². The van der Waals surface area contributed by atoms with Gasteiger partial charge in [-0.25, -0.2) is 4.39 Å². The van der Waals surface area contributed by atoms with Crippen LogP contribution in [0.4, 0.5) is 4.39 Å². The molecule has 0 unspecified atom stereocenters. The number of hydrogen-bond acceptors (Lipinski definition) is 2. The van der Waals surface area contributed by atoms with Crippen molar-refractivity contribution in [2.24, 2.45) is 0 Å². The van der Waals surface area contributed by atoms with Crippen LogP contribution in [0, 0.1) is 5.82 Å².